The van der Waals surface area contributed by atoms with Crippen molar-refractivity contribution in [2.24, 2.45) is 17.3 Å². The lowest BCUT2D eigenvalue weighted by atomic mass is 9.55. The lowest BCUT2D eigenvalue weighted by molar-refractivity contribution is -0.129. The molecule has 0 spiro atoms. The number of ketones is 1. The van der Waals surface area contributed by atoms with Crippen LogP contribution in [0, 0.1) is 24.2 Å². The summed E-state index contributed by atoms with van der Waals surface area (Å²) in [5.74, 6) is 2.69. The van der Waals surface area contributed by atoms with Crippen molar-refractivity contribution in [1.29, 1.82) is 0 Å². The van der Waals surface area contributed by atoms with Gasteiger partial charge in [0.2, 0.25) is 0 Å². The van der Waals surface area contributed by atoms with Gasteiger partial charge in [-0.2, -0.15) is 0 Å². The molecule has 0 bridgehead atoms. The molecule has 1 heteroatoms. The third kappa shape index (κ3) is 1.58. The first kappa shape index (κ1) is 12.6. The minimum atomic E-state index is 0.0164. The molecule has 0 heterocycles. The van der Waals surface area contributed by atoms with Crippen molar-refractivity contribution in [2.45, 2.75) is 58.3 Å². The van der Waals surface area contributed by atoms with Crippen molar-refractivity contribution < 1.29 is 4.79 Å². The number of benzene rings is 1. The van der Waals surface area contributed by atoms with E-state index >= 15 is 0 Å². The van der Waals surface area contributed by atoms with Crippen LogP contribution in [0.1, 0.15) is 61.6 Å². The highest BCUT2D eigenvalue weighted by atomic mass is 16.1. The van der Waals surface area contributed by atoms with Crippen LogP contribution in [0.4, 0.5) is 0 Å². The molecule has 3 aliphatic carbocycles. The van der Waals surface area contributed by atoms with E-state index in [-0.39, 0.29) is 5.41 Å². The van der Waals surface area contributed by atoms with Gasteiger partial charge in [-0.1, -0.05) is 30.7 Å². The largest absolute Gasteiger partial charge is 0.299 e. The van der Waals surface area contributed by atoms with E-state index in [1.165, 1.54) is 24.8 Å². The zero-order chi connectivity index (χ0) is 13.9. The maximum Gasteiger partial charge on any atom is 0.139 e. The maximum atomic E-state index is 12.3. The Labute approximate surface area is 121 Å². The molecule has 4 rings (SSSR count). The summed E-state index contributed by atoms with van der Waals surface area (Å²) in [6.07, 6.45) is 6.85. The molecule has 0 aromatic heterocycles. The Bertz CT molecular complexity index is 573. The van der Waals surface area contributed by atoms with Gasteiger partial charge >= 0.3 is 0 Å². The van der Waals surface area contributed by atoms with E-state index in [2.05, 4.69) is 32.0 Å². The third-order valence-electron chi connectivity index (χ3n) is 6.59. The molecule has 0 aliphatic heterocycles. The molecule has 1 aromatic rings. The van der Waals surface area contributed by atoms with Gasteiger partial charge in [0.1, 0.15) is 5.78 Å². The molecule has 2 fully saturated rings. The molecule has 20 heavy (non-hydrogen) atoms. The smallest absolute Gasteiger partial charge is 0.139 e. The number of rotatable bonds is 0. The lowest BCUT2D eigenvalue weighted by Crippen LogP contribution is -2.42. The van der Waals surface area contributed by atoms with E-state index < -0.39 is 0 Å². The van der Waals surface area contributed by atoms with E-state index in [1.54, 1.807) is 11.1 Å². The molecule has 2 saturated carbocycles. The first-order valence-corrected chi connectivity index (χ1v) is 8.22. The molecular formula is C19H24O. The van der Waals surface area contributed by atoms with Crippen molar-refractivity contribution in [3.05, 3.63) is 34.9 Å². The minimum absolute atomic E-state index is 0.0164. The van der Waals surface area contributed by atoms with Gasteiger partial charge < -0.3 is 0 Å². The van der Waals surface area contributed by atoms with Gasteiger partial charge in [-0.3, -0.25) is 4.79 Å². The second-order valence-corrected chi connectivity index (χ2v) is 7.54. The molecule has 1 aromatic carbocycles. The first-order valence-electron chi connectivity index (χ1n) is 8.22. The van der Waals surface area contributed by atoms with Crippen LogP contribution < -0.4 is 0 Å². The monoisotopic (exact) mass is 268 g/mol. The average Bonchev–Trinajstić information content (AvgIpc) is 2.74. The predicted octanol–water partition coefficient (Wildman–Crippen LogP) is 4.42. The van der Waals surface area contributed by atoms with Crippen LogP contribution in [-0.2, 0) is 11.2 Å². The summed E-state index contributed by atoms with van der Waals surface area (Å²) in [5.41, 5.74) is 4.59. The van der Waals surface area contributed by atoms with Crippen LogP contribution in [0.2, 0.25) is 0 Å². The summed E-state index contributed by atoms with van der Waals surface area (Å²) in [4.78, 5) is 12.3. The number of hydrogen-bond donors (Lipinski definition) is 0. The zero-order valence-electron chi connectivity index (χ0n) is 12.6. The Balaban J connectivity index is 1.74. The molecular weight excluding hydrogens is 244 g/mol. The number of hydrogen-bond acceptors (Lipinski definition) is 1. The first-order chi connectivity index (χ1) is 9.59. The Kier molecular flexibility index (Phi) is 2.64. The quantitative estimate of drug-likeness (QED) is 0.680. The topological polar surface area (TPSA) is 17.1 Å². The molecule has 106 valence electrons. The maximum absolute atomic E-state index is 12.3. The molecule has 1 nitrogen and oxygen atoms in total. The molecule has 0 saturated heterocycles. The van der Waals surface area contributed by atoms with Crippen molar-refractivity contribution in [2.75, 3.05) is 0 Å². The summed E-state index contributed by atoms with van der Waals surface area (Å²) in [6.45, 7) is 4.46. The normalized spacial score (nSPS) is 39.1. The number of carbonyl (C=O) groups excluding carboxylic acids is 1. The summed E-state index contributed by atoms with van der Waals surface area (Å²) >= 11 is 0. The number of fused-ring (bicyclic) bond motifs is 5. The molecule has 0 N–H and O–H groups in total. The summed E-state index contributed by atoms with van der Waals surface area (Å²) in [5, 5.41) is 0. The molecule has 0 unspecified atom stereocenters. The molecule has 4 atom stereocenters. The number of Topliss-reactive ketones (excluding diaryl/α,β-unsaturated/α-hetero) is 1. The van der Waals surface area contributed by atoms with E-state index in [1.807, 2.05) is 0 Å². The van der Waals surface area contributed by atoms with Gasteiger partial charge in [0.15, 0.2) is 0 Å². The Morgan fingerprint density at radius 3 is 2.85 bits per heavy atom. The van der Waals surface area contributed by atoms with Crippen LogP contribution >= 0.6 is 0 Å². The van der Waals surface area contributed by atoms with Gasteiger partial charge in [-0.05, 0) is 67.9 Å². The van der Waals surface area contributed by atoms with Crippen LogP contribution in [0.3, 0.4) is 0 Å². The van der Waals surface area contributed by atoms with Crippen LogP contribution in [-0.4, -0.2) is 5.78 Å². The minimum Gasteiger partial charge on any atom is -0.299 e. The zero-order valence-corrected chi connectivity index (χ0v) is 12.6. The van der Waals surface area contributed by atoms with Gasteiger partial charge in [-0.15, -0.1) is 0 Å². The number of aryl methyl sites for hydroxylation is 2. The Morgan fingerprint density at radius 2 is 2.00 bits per heavy atom. The summed E-state index contributed by atoms with van der Waals surface area (Å²) in [6, 6.07) is 7.02. The predicted molar refractivity (Wildman–Crippen MR) is 80.8 cm³/mol. The second-order valence-electron chi connectivity index (χ2n) is 7.54. The average molecular weight is 268 g/mol. The van der Waals surface area contributed by atoms with Crippen molar-refractivity contribution >= 4 is 5.78 Å². The molecule has 0 radical (unpaired) electrons. The SMILES string of the molecule is Cc1ccc2c(c1)[C@H]1CC[C@]3(C)C(=O)CC[C@H]3[C@@H]1CC2. The van der Waals surface area contributed by atoms with Crippen molar-refractivity contribution in [3.63, 3.8) is 0 Å². The lowest BCUT2D eigenvalue weighted by Gasteiger charge is -2.48. The van der Waals surface area contributed by atoms with Gasteiger partial charge in [0.25, 0.3) is 0 Å². The third-order valence-corrected chi connectivity index (χ3v) is 6.59. The van der Waals surface area contributed by atoms with E-state index in [9.17, 15) is 4.79 Å². The highest BCUT2D eigenvalue weighted by Crippen LogP contribution is 2.59. The fourth-order valence-electron chi connectivity index (χ4n) is 5.46. The summed E-state index contributed by atoms with van der Waals surface area (Å²) in [7, 11) is 0. The van der Waals surface area contributed by atoms with E-state index in [4.69, 9.17) is 0 Å². The van der Waals surface area contributed by atoms with Crippen LogP contribution in [0.25, 0.3) is 0 Å². The van der Waals surface area contributed by atoms with E-state index in [0.29, 0.717) is 11.7 Å². The fourth-order valence-corrected chi connectivity index (χ4v) is 5.46. The molecule has 3 aliphatic rings. The van der Waals surface area contributed by atoms with Gasteiger partial charge in [0, 0.05) is 11.8 Å². The fraction of sp³-hybridized carbons (Fsp3) is 0.632. The molecule has 0 amide bonds. The van der Waals surface area contributed by atoms with E-state index in [0.717, 1.165) is 31.1 Å². The second kappa shape index (κ2) is 4.19. The van der Waals surface area contributed by atoms with Crippen molar-refractivity contribution in [3.8, 4) is 0 Å². The standard InChI is InChI=1S/C19H24O/c1-12-3-4-13-5-6-15-14(16(13)11-12)9-10-19(2)17(15)7-8-18(19)20/h3-4,11,14-15,17H,5-10H2,1-2H3/t14-,15+,17-,19-/m0/s1. The highest BCUT2D eigenvalue weighted by Gasteiger charge is 2.54. The summed E-state index contributed by atoms with van der Waals surface area (Å²) < 4.78 is 0. The van der Waals surface area contributed by atoms with Gasteiger partial charge in [0.05, 0.1) is 0 Å². The van der Waals surface area contributed by atoms with Crippen LogP contribution in [0.5, 0.6) is 0 Å². The number of carbonyl (C=O) groups is 1. The highest BCUT2D eigenvalue weighted by molar-refractivity contribution is 5.87. The van der Waals surface area contributed by atoms with Crippen molar-refractivity contribution in [1.82, 2.24) is 0 Å². The Morgan fingerprint density at radius 1 is 1.15 bits per heavy atom. The van der Waals surface area contributed by atoms with Crippen LogP contribution in [0.15, 0.2) is 18.2 Å². The van der Waals surface area contributed by atoms with Gasteiger partial charge in [-0.25, -0.2) is 0 Å². The Hall–Kier alpha value is -1.11.